The van der Waals surface area contributed by atoms with Crippen LogP contribution in [0.3, 0.4) is 0 Å². The van der Waals surface area contributed by atoms with Crippen molar-refractivity contribution in [3.8, 4) is 0 Å². The van der Waals surface area contributed by atoms with Gasteiger partial charge in [-0.05, 0) is 48.9 Å². The Labute approximate surface area is 127 Å². The summed E-state index contributed by atoms with van der Waals surface area (Å²) < 4.78 is 15.2. The van der Waals surface area contributed by atoms with E-state index in [0.717, 1.165) is 10.0 Å². The summed E-state index contributed by atoms with van der Waals surface area (Å²) in [5, 5.41) is 2.70. The Morgan fingerprint density at radius 2 is 1.74 bits per heavy atom. The summed E-state index contributed by atoms with van der Waals surface area (Å²) in [5.41, 5.74) is 1.58. The molecule has 2 aromatic rings. The molecule has 0 aliphatic carbocycles. The van der Waals surface area contributed by atoms with Gasteiger partial charge in [0.15, 0.2) is 0 Å². The lowest BCUT2D eigenvalue weighted by molar-refractivity contribution is 0.102. The Morgan fingerprint density at radius 3 is 2.37 bits per heavy atom. The molecule has 0 unspecified atom stereocenters. The van der Waals surface area contributed by atoms with Crippen LogP contribution in [0.2, 0.25) is 0 Å². The predicted octanol–water partition coefficient (Wildman–Crippen LogP) is 4.91. The third kappa shape index (κ3) is 3.42. The number of hydrogen-bond acceptors (Lipinski definition) is 1. The number of carbonyl (C=O) groups excluding carboxylic acids is 1. The number of anilines is 1. The van der Waals surface area contributed by atoms with Crippen molar-refractivity contribution in [2.75, 3.05) is 5.32 Å². The molecule has 0 bridgehead atoms. The summed E-state index contributed by atoms with van der Waals surface area (Å²) in [7, 11) is 0. The molecular weight excluding hydrogens is 377 g/mol. The molecule has 1 N–H and O–H groups in total. The molecule has 1 amide bonds. The second kappa shape index (κ2) is 5.84. The van der Waals surface area contributed by atoms with Crippen LogP contribution in [0.5, 0.6) is 0 Å². The highest BCUT2D eigenvalue weighted by Crippen LogP contribution is 2.22. The van der Waals surface area contributed by atoms with Gasteiger partial charge in [-0.15, -0.1) is 0 Å². The van der Waals surface area contributed by atoms with Gasteiger partial charge in [0.1, 0.15) is 5.82 Å². The molecular formula is C14H10Br2FNO. The average molecular weight is 387 g/mol. The summed E-state index contributed by atoms with van der Waals surface area (Å²) >= 11 is 6.50. The van der Waals surface area contributed by atoms with Gasteiger partial charge in [0.2, 0.25) is 0 Å². The average Bonchev–Trinajstić information content (AvgIpc) is 2.32. The normalized spacial score (nSPS) is 10.3. The summed E-state index contributed by atoms with van der Waals surface area (Å²) in [4.78, 5) is 12.0. The maximum atomic E-state index is 13.7. The fourth-order valence-corrected chi connectivity index (χ4v) is 2.44. The quantitative estimate of drug-likeness (QED) is 0.780. The highest BCUT2D eigenvalue weighted by molar-refractivity contribution is 9.10. The summed E-state index contributed by atoms with van der Waals surface area (Å²) in [6.07, 6.45) is 0. The maximum Gasteiger partial charge on any atom is 0.258 e. The Balaban J connectivity index is 2.25. The first kappa shape index (κ1) is 14.2. The Bertz CT molecular complexity index is 643. The number of hydrogen-bond donors (Lipinski definition) is 1. The standard InChI is InChI=1S/C14H10Br2FNO/c1-8-6-9(15)3-5-13(8)18-14(19)11-4-2-10(16)7-12(11)17/h2-7H,1H3,(H,18,19). The number of rotatable bonds is 2. The highest BCUT2D eigenvalue weighted by atomic mass is 79.9. The molecule has 2 rings (SSSR count). The van der Waals surface area contributed by atoms with Crippen molar-refractivity contribution in [1.29, 1.82) is 0 Å². The van der Waals surface area contributed by atoms with E-state index in [-0.39, 0.29) is 5.56 Å². The molecule has 5 heteroatoms. The molecule has 0 saturated heterocycles. The van der Waals surface area contributed by atoms with Crippen LogP contribution in [-0.4, -0.2) is 5.91 Å². The van der Waals surface area contributed by atoms with Crippen LogP contribution in [0.4, 0.5) is 10.1 Å². The maximum absolute atomic E-state index is 13.7. The van der Waals surface area contributed by atoms with Crippen LogP contribution in [0, 0.1) is 12.7 Å². The van der Waals surface area contributed by atoms with E-state index in [9.17, 15) is 9.18 Å². The van der Waals surface area contributed by atoms with Gasteiger partial charge in [-0.2, -0.15) is 0 Å². The lowest BCUT2D eigenvalue weighted by Crippen LogP contribution is -2.14. The van der Waals surface area contributed by atoms with E-state index in [1.54, 1.807) is 12.1 Å². The van der Waals surface area contributed by atoms with Crippen LogP contribution in [-0.2, 0) is 0 Å². The van der Waals surface area contributed by atoms with Crippen molar-refractivity contribution in [3.63, 3.8) is 0 Å². The van der Waals surface area contributed by atoms with Gasteiger partial charge in [0.25, 0.3) is 5.91 Å². The van der Waals surface area contributed by atoms with Crippen molar-refractivity contribution in [2.45, 2.75) is 6.92 Å². The van der Waals surface area contributed by atoms with Gasteiger partial charge in [0.05, 0.1) is 5.56 Å². The van der Waals surface area contributed by atoms with E-state index in [2.05, 4.69) is 37.2 Å². The van der Waals surface area contributed by atoms with Crippen molar-refractivity contribution in [1.82, 2.24) is 0 Å². The Kier molecular flexibility index (Phi) is 4.37. The minimum Gasteiger partial charge on any atom is -0.322 e. The predicted molar refractivity (Wildman–Crippen MR) is 80.9 cm³/mol. The highest BCUT2D eigenvalue weighted by Gasteiger charge is 2.13. The second-order valence-corrected chi connectivity index (χ2v) is 5.87. The number of halogens is 3. The van der Waals surface area contributed by atoms with E-state index < -0.39 is 11.7 Å². The van der Waals surface area contributed by atoms with Crippen molar-refractivity contribution >= 4 is 43.5 Å². The molecule has 0 atom stereocenters. The molecule has 0 aliphatic heterocycles. The fraction of sp³-hybridized carbons (Fsp3) is 0.0714. The van der Waals surface area contributed by atoms with Crippen molar-refractivity contribution < 1.29 is 9.18 Å². The lowest BCUT2D eigenvalue weighted by Gasteiger charge is -2.09. The van der Waals surface area contributed by atoms with Crippen LogP contribution >= 0.6 is 31.9 Å². The first-order valence-electron chi connectivity index (χ1n) is 5.50. The number of amides is 1. The largest absolute Gasteiger partial charge is 0.322 e. The van der Waals surface area contributed by atoms with Gasteiger partial charge < -0.3 is 5.32 Å². The molecule has 0 radical (unpaired) electrons. The Morgan fingerprint density at radius 1 is 1.11 bits per heavy atom. The van der Waals surface area contributed by atoms with E-state index in [0.29, 0.717) is 10.2 Å². The zero-order valence-electron chi connectivity index (χ0n) is 10.0. The van der Waals surface area contributed by atoms with Crippen LogP contribution < -0.4 is 5.32 Å². The first-order valence-corrected chi connectivity index (χ1v) is 7.08. The molecule has 0 saturated carbocycles. The smallest absolute Gasteiger partial charge is 0.258 e. The van der Waals surface area contributed by atoms with Gasteiger partial charge in [-0.1, -0.05) is 31.9 Å². The van der Waals surface area contributed by atoms with Crippen LogP contribution in [0.15, 0.2) is 45.3 Å². The van der Waals surface area contributed by atoms with Crippen molar-refractivity contribution in [3.05, 3.63) is 62.3 Å². The van der Waals surface area contributed by atoms with Gasteiger partial charge in [0, 0.05) is 14.6 Å². The van der Waals surface area contributed by atoms with Gasteiger partial charge >= 0.3 is 0 Å². The molecule has 0 spiro atoms. The Hall–Kier alpha value is -1.20. The van der Waals surface area contributed by atoms with Gasteiger partial charge in [-0.25, -0.2) is 4.39 Å². The third-order valence-electron chi connectivity index (χ3n) is 2.61. The monoisotopic (exact) mass is 385 g/mol. The van der Waals surface area contributed by atoms with E-state index >= 15 is 0 Å². The minimum atomic E-state index is -0.554. The fourth-order valence-electron chi connectivity index (χ4n) is 1.63. The summed E-state index contributed by atoms with van der Waals surface area (Å²) in [6, 6.07) is 9.82. The molecule has 0 fully saturated rings. The molecule has 2 nitrogen and oxygen atoms in total. The molecule has 0 heterocycles. The van der Waals surface area contributed by atoms with E-state index in [1.807, 2.05) is 19.1 Å². The minimum absolute atomic E-state index is 0.0190. The first-order chi connectivity index (χ1) is 8.97. The summed E-state index contributed by atoms with van der Waals surface area (Å²) in [6.45, 7) is 1.87. The molecule has 2 aromatic carbocycles. The van der Waals surface area contributed by atoms with E-state index in [1.165, 1.54) is 12.1 Å². The van der Waals surface area contributed by atoms with Crippen LogP contribution in [0.1, 0.15) is 15.9 Å². The number of benzene rings is 2. The molecule has 19 heavy (non-hydrogen) atoms. The number of carbonyl (C=O) groups is 1. The third-order valence-corrected chi connectivity index (χ3v) is 3.60. The second-order valence-electron chi connectivity index (χ2n) is 4.04. The number of aryl methyl sites for hydroxylation is 1. The van der Waals surface area contributed by atoms with E-state index in [4.69, 9.17) is 0 Å². The van der Waals surface area contributed by atoms with Crippen LogP contribution in [0.25, 0.3) is 0 Å². The molecule has 98 valence electrons. The zero-order chi connectivity index (χ0) is 14.0. The zero-order valence-corrected chi connectivity index (χ0v) is 13.2. The summed E-state index contributed by atoms with van der Waals surface area (Å²) in [5.74, 6) is -1.02. The number of nitrogens with one attached hydrogen (secondary N) is 1. The lowest BCUT2D eigenvalue weighted by atomic mass is 10.1. The topological polar surface area (TPSA) is 29.1 Å². The van der Waals surface area contributed by atoms with Crippen molar-refractivity contribution in [2.24, 2.45) is 0 Å². The van der Waals surface area contributed by atoms with Gasteiger partial charge in [-0.3, -0.25) is 4.79 Å². The molecule has 0 aliphatic rings. The SMILES string of the molecule is Cc1cc(Br)ccc1NC(=O)c1ccc(Br)cc1F. The molecule has 0 aromatic heterocycles.